The Morgan fingerprint density at radius 3 is 2.31 bits per heavy atom. The van der Waals surface area contributed by atoms with Gasteiger partial charge in [0.15, 0.2) is 0 Å². The van der Waals surface area contributed by atoms with Crippen LogP contribution < -0.4 is 5.32 Å². The fourth-order valence-electron chi connectivity index (χ4n) is 6.32. The molecule has 1 saturated heterocycles. The van der Waals surface area contributed by atoms with E-state index in [2.05, 4.69) is 29.6 Å². The average molecular weight is 477 g/mol. The van der Waals surface area contributed by atoms with Gasteiger partial charge in [0, 0.05) is 24.5 Å². The summed E-state index contributed by atoms with van der Waals surface area (Å²) in [6, 6.07) is 15.6. The summed E-state index contributed by atoms with van der Waals surface area (Å²) >= 11 is 0. The third-order valence-electron chi connectivity index (χ3n) is 8.45. The lowest BCUT2D eigenvalue weighted by Gasteiger charge is -2.32. The van der Waals surface area contributed by atoms with Gasteiger partial charge in [0.2, 0.25) is 5.91 Å². The second kappa shape index (κ2) is 9.02. The zero-order chi connectivity index (χ0) is 24.7. The number of alkyl carbamates (subject to hydrolysis) is 1. The lowest BCUT2D eigenvalue weighted by atomic mass is 9.82. The second-order valence-corrected chi connectivity index (χ2v) is 10.2. The molecular weight excluding hydrogens is 444 g/mol. The number of nitrogens with one attached hydrogen (secondary N) is 1. The molecule has 0 bridgehead atoms. The SMILES string of the molecule is CC(NC(=O)OCC1c2ccccc2-c2ccccc21)C(C)C(=O)N1CCC2(C(=O)O)CCCC12. The van der Waals surface area contributed by atoms with Crippen molar-refractivity contribution in [3.8, 4) is 11.1 Å². The van der Waals surface area contributed by atoms with Gasteiger partial charge in [-0.15, -0.1) is 0 Å². The van der Waals surface area contributed by atoms with Crippen molar-refractivity contribution in [2.45, 2.75) is 57.5 Å². The largest absolute Gasteiger partial charge is 0.481 e. The normalized spacial score (nSPS) is 24.3. The number of hydrogen-bond acceptors (Lipinski definition) is 4. The van der Waals surface area contributed by atoms with E-state index in [4.69, 9.17) is 4.74 Å². The van der Waals surface area contributed by atoms with E-state index in [1.165, 1.54) is 11.1 Å². The molecule has 4 atom stereocenters. The van der Waals surface area contributed by atoms with Crippen molar-refractivity contribution >= 4 is 18.0 Å². The Kier molecular flexibility index (Phi) is 6.03. The van der Waals surface area contributed by atoms with Crippen molar-refractivity contribution in [2.75, 3.05) is 13.2 Å². The van der Waals surface area contributed by atoms with Crippen LogP contribution in [0.25, 0.3) is 11.1 Å². The zero-order valence-electron chi connectivity index (χ0n) is 20.2. The number of nitrogens with zero attached hydrogens (tertiary/aromatic N) is 1. The minimum atomic E-state index is -0.807. The molecule has 0 spiro atoms. The Bertz CT molecular complexity index is 1120. The van der Waals surface area contributed by atoms with E-state index in [1.54, 1.807) is 18.7 Å². The van der Waals surface area contributed by atoms with Gasteiger partial charge in [-0.2, -0.15) is 0 Å². The highest BCUT2D eigenvalue weighted by Gasteiger charge is 2.57. The molecule has 1 saturated carbocycles. The summed E-state index contributed by atoms with van der Waals surface area (Å²) in [5.41, 5.74) is 3.81. The van der Waals surface area contributed by atoms with Crippen LogP contribution in [0, 0.1) is 11.3 Å². The molecule has 4 unspecified atom stereocenters. The summed E-state index contributed by atoms with van der Waals surface area (Å²) in [5.74, 6) is -1.42. The predicted molar refractivity (Wildman–Crippen MR) is 131 cm³/mol. The first-order valence-corrected chi connectivity index (χ1v) is 12.5. The van der Waals surface area contributed by atoms with Crippen molar-refractivity contribution in [1.29, 1.82) is 0 Å². The third-order valence-corrected chi connectivity index (χ3v) is 8.45. The number of benzene rings is 2. The summed E-state index contributed by atoms with van der Waals surface area (Å²) in [4.78, 5) is 39.6. The number of fused-ring (bicyclic) bond motifs is 4. The van der Waals surface area contributed by atoms with Gasteiger partial charge >= 0.3 is 12.1 Å². The number of ether oxygens (including phenoxy) is 1. The lowest BCUT2D eigenvalue weighted by molar-refractivity contribution is -0.150. The molecule has 5 rings (SSSR count). The van der Waals surface area contributed by atoms with E-state index in [1.807, 2.05) is 24.3 Å². The molecule has 2 fully saturated rings. The van der Waals surface area contributed by atoms with Crippen LogP contribution in [0.15, 0.2) is 48.5 Å². The molecule has 3 aliphatic rings. The van der Waals surface area contributed by atoms with Gasteiger partial charge < -0.3 is 20.1 Å². The van der Waals surface area contributed by atoms with Crippen LogP contribution >= 0.6 is 0 Å². The molecule has 1 aliphatic heterocycles. The van der Waals surface area contributed by atoms with Gasteiger partial charge in [-0.1, -0.05) is 61.9 Å². The highest BCUT2D eigenvalue weighted by Crippen LogP contribution is 2.49. The monoisotopic (exact) mass is 476 g/mol. The number of aliphatic carboxylic acids is 1. The Morgan fingerprint density at radius 1 is 1.06 bits per heavy atom. The Balaban J connectivity index is 1.20. The molecule has 2 aliphatic carbocycles. The van der Waals surface area contributed by atoms with Crippen LogP contribution in [0.1, 0.15) is 56.6 Å². The van der Waals surface area contributed by atoms with Gasteiger partial charge in [0.25, 0.3) is 0 Å². The Morgan fingerprint density at radius 2 is 1.69 bits per heavy atom. The van der Waals surface area contributed by atoms with Crippen molar-refractivity contribution < 1.29 is 24.2 Å². The predicted octanol–water partition coefficient (Wildman–Crippen LogP) is 4.41. The van der Waals surface area contributed by atoms with Crippen molar-refractivity contribution in [2.24, 2.45) is 11.3 Å². The molecule has 1 heterocycles. The highest BCUT2D eigenvalue weighted by atomic mass is 16.5. The molecule has 2 N–H and O–H groups in total. The van der Waals surface area contributed by atoms with E-state index >= 15 is 0 Å². The van der Waals surface area contributed by atoms with Gasteiger partial charge in [-0.3, -0.25) is 9.59 Å². The molecule has 7 nitrogen and oxygen atoms in total. The fraction of sp³-hybridized carbons (Fsp3) is 0.464. The maximum atomic E-state index is 13.3. The zero-order valence-corrected chi connectivity index (χ0v) is 20.2. The number of carbonyl (C=O) groups is 3. The number of carbonyl (C=O) groups excluding carboxylic acids is 2. The van der Waals surface area contributed by atoms with Crippen LogP contribution in [0.5, 0.6) is 0 Å². The quantitative estimate of drug-likeness (QED) is 0.644. The fourth-order valence-corrected chi connectivity index (χ4v) is 6.32. The molecule has 7 heteroatoms. The summed E-state index contributed by atoms with van der Waals surface area (Å²) in [7, 11) is 0. The third kappa shape index (κ3) is 3.87. The minimum Gasteiger partial charge on any atom is -0.481 e. The van der Waals surface area contributed by atoms with Gasteiger partial charge in [-0.25, -0.2) is 4.79 Å². The lowest BCUT2D eigenvalue weighted by Crippen LogP contribution is -2.49. The molecule has 2 aromatic rings. The van der Waals surface area contributed by atoms with E-state index < -0.39 is 29.4 Å². The molecule has 184 valence electrons. The topological polar surface area (TPSA) is 95.9 Å². The summed E-state index contributed by atoms with van der Waals surface area (Å²) in [6.07, 6.45) is 2.11. The van der Waals surface area contributed by atoms with Crippen LogP contribution in [0.3, 0.4) is 0 Å². The van der Waals surface area contributed by atoms with Gasteiger partial charge in [-0.05, 0) is 48.4 Å². The number of carboxylic acids is 1. The Hall–Kier alpha value is -3.35. The number of hydrogen-bond donors (Lipinski definition) is 2. The van der Waals surface area contributed by atoms with E-state index in [0.717, 1.165) is 24.0 Å². The van der Waals surface area contributed by atoms with E-state index in [9.17, 15) is 19.5 Å². The number of amides is 2. The number of rotatable bonds is 6. The van der Waals surface area contributed by atoms with Gasteiger partial charge in [0.1, 0.15) is 6.61 Å². The van der Waals surface area contributed by atoms with Crippen molar-refractivity contribution in [1.82, 2.24) is 10.2 Å². The second-order valence-electron chi connectivity index (χ2n) is 10.2. The van der Waals surface area contributed by atoms with Crippen LogP contribution in [0.4, 0.5) is 4.79 Å². The van der Waals surface area contributed by atoms with E-state index in [0.29, 0.717) is 19.4 Å². The minimum absolute atomic E-state index is 0.0291. The first kappa shape index (κ1) is 23.4. The number of likely N-dealkylation sites (tertiary alicyclic amines) is 1. The molecule has 35 heavy (non-hydrogen) atoms. The summed E-state index contributed by atoms with van der Waals surface area (Å²) in [6.45, 7) is 4.24. The van der Waals surface area contributed by atoms with Crippen LogP contribution in [-0.2, 0) is 14.3 Å². The molecular formula is C28H32N2O5. The Labute approximate surface area is 205 Å². The molecule has 2 amide bonds. The molecule has 0 radical (unpaired) electrons. The highest BCUT2D eigenvalue weighted by molar-refractivity contribution is 5.84. The smallest absolute Gasteiger partial charge is 0.407 e. The van der Waals surface area contributed by atoms with Crippen LogP contribution in [0.2, 0.25) is 0 Å². The summed E-state index contributed by atoms with van der Waals surface area (Å²) < 4.78 is 5.63. The average Bonchev–Trinajstić information content (AvgIpc) is 3.53. The van der Waals surface area contributed by atoms with Crippen molar-refractivity contribution in [3.63, 3.8) is 0 Å². The number of carboxylic acid groups (broad SMARTS) is 1. The first-order chi connectivity index (χ1) is 16.8. The van der Waals surface area contributed by atoms with E-state index in [-0.39, 0.29) is 24.5 Å². The molecule has 0 aromatic heterocycles. The summed E-state index contributed by atoms with van der Waals surface area (Å²) in [5, 5.41) is 12.6. The standard InChI is InChI=1S/C28H32N2O5/c1-17(25(31)30-15-14-28(26(32)33)13-7-12-24(28)30)18(2)29-27(34)35-16-23-21-10-5-3-8-19(21)20-9-4-6-11-22(20)23/h3-6,8-11,17-18,23-24H,7,12-16H2,1-2H3,(H,29,34)(H,32,33). The maximum Gasteiger partial charge on any atom is 0.407 e. The van der Waals surface area contributed by atoms with Crippen LogP contribution in [-0.4, -0.2) is 53.2 Å². The first-order valence-electron chi connectivity index (χ1n) is 12.5. The maximum absolute atomic E-state index is 13.3. The molecule has 2 aromatic carbocycles. The van der Waals surface area contributed by atoms with Crippen molar-refractivity contribution in [3.05, 3.63) is 59.7 Å². The van der Waals surface area contributed by atoms with Gasteiger partial charge in [0.05, 0.1) is 11.3 Å².